The van der Waals surface area contributed by atoms with E-state index in [0.29, 0.717) is 0 Å². The first-order valence-electron chi connectivity index (χ1n) is 4.52. The molecular weight excluding hydrogens is 280 g/mol. The van der Waals surface area contributed by atoms with Crippen LogP contribution in [-0.4, -0.2) is 11.5 Å². The van der Waals surface area contributed by atoms with Crippen LogP contribution >= 0.6 is 58.8 Å². The van der Waals surface area contributed by atoms with Gasteiger partial charge >= 0.3 is 0 Å². The van der Waals surface area contributed by atoms with Crippen LogP contribution in [0.5, 0.6) is 0 Å². The van der Waals surface area contributed by atoms with Gasteiger partial charge in [0.2, 0.25) is 0 Å². The number of thioether (sulfide) groups is 5. The van der Waals surface area contributed by atoms with E-state index in [4.69, 9.17) is 0 Å². The molecule has 0 aromatic rings. The zero-order chi connectivity index (χ0) is 10.1. The maximum atomic E-state index is 2.22. The second kappa shape index (κ2) is 4.92. The highest BCUT2D eigenvalue weighted by molar-refractivity contribution is 8.41. The van der Waals surface area contributed by atoms with Gasteiger partial charge in [0.1, 0.15) is 0 Å². The fourth-order valence-electron chi connectivity index (χ4n) is 1.30. The van der Waals surface area contributed by atoms with Gasteiger partial charge in [0.25, 0.3) is 0 Å². The summed E-state index contributed by atoms with van der Waals surface area (Å²) in [5, 5.41) is 4.31. The Kier molecular flexibility index (Phi) is 3.55. The van der Waals surface area contributed by atoms with Crippen LogP contribution in [-0.2, 0) is 0 Å². The van der Waals surface area contributed by atoms with Crippen molar-refractivity contribution < 1.29 is 0 Å². The normalized spacial score (nSPS) is 25.1. The molecule has 0 unspecified atom stereocenters. The maximum Gasteiger partial charge on any atom is 0.0660 e. The van der Waals surface area contributed by atoms with Crippen molar-refractivity contribution in [3.05, 3.63) is 41.3 Å². The van der Waals surface area contributed by atoms with Crippen molar-refractivity contribution in [2.75, 3.05) is 11.5 Å². The largest absolute Gasteiger partial charge is 0.116 e. The monoisotopic (exact) mass is 288 g/mol. The topological polar surface area (TPSA) is 0 Å². The van der Waals surface area contributed by atoms with Gasteiger partial charge in [0.15, 0.2) is 0 Å². The van der Waals surface area contributed by atoms with Crippen molar-refractivity contribution in [3.8, 4) is 0 Å². The van der Waals surface area contributed by atoms with E-state index < -0.39 is 0 Å². The van der Waals surface area contributed by atoms with Gasteiger partial charge in [-0.25, -0.2) is 0 Å². The first-order chi connectivity index (χ1) is 7.43. The molecular formula is C10H8S5. The van der Waals surface area contributed by atoms with E-state index in [-0.39, 0.29) is 0 Å². The van der Waals surface area contributed by atoms with Crippen molar-refractivity contribution in [3.63, 3.8) is 0 Å². The van der Waals surface area contributed by atoms with E-state index in [2.05, 4.69) is 23.0 Å². The molecule has 0 bridgehead atoms. The molecule has 78 valence electrons. The Balaban J connectivity index is 1.85. The molecule has 0 aromatic carbocycles. The molecule has 0 saturated carbocycles. The van der Waals surface area contributed by atoms with E-state index >= 15 is 0 Å². The Bertz CT molecular complexity index is 368. The molecule has 0 aromatic heterocycles. The van der Waals surface area contributed by atoms with Crippen molar-refractivity contribution in [2.45, 2.75) is 0 Å². The lowest BCUT2D eigenvalue weighted by atomic mass is 10.3. The molecule has 0 amide bonds. The van der Waals surface area contributed by atoms with Gasteiger partial charge in [-0.3, -0.25) is 0 Å². The Hall–Kier alpha value is 0.710. The van der Waals surface area contributed by atoms with Gasteiger partial charge in [-0.05, 0) is 28.5 Å². The van der Waals surface area contributed by atoms with E-state index in [1.54, 1.807) is 11.8 Å². The molecule has 5 heteroatoms. The van der Waals surface area contributed by atoms with Crippen molar-refractivity contribution in [1.82, 2.24) is 0 Å². The van der Waals surface area contributed by atoms with E-state index in [9.17, 15) is 0 Å². The lowest BCUT2D eigenvalue weighted by Crippen LogP contribution is -1.88. The zero-order valence-electron chi connectivity index (χ0n) is 7.76. The number of rotatable bonds is 0. The molecule has 0 radical (unpaired) electrons. The fourth-order valence-corrected chi connectivity index (χ4v) is 7.79. The lowest BCUT2D eigenvalue weighted by Gasteiger charge is -2.08. The summed E-state index contributed by atoms with van der Waals surface area (Å²) in [6.45, 7) is 0. The van der Waals surface area contributed by atoms with Crippen LogP contribution in [0.15, 0.2) is 41.3 Å². The molecule has 0 spiro atoms. The summed E-state index contributed by atoms with van der Waals surface area (Å²) in [6, 6.07) is 0. The van der Waals surface area contributed by atoms with E-state index in [1.807, 2.05) is 47.0 Å². The Labute approximate surface area is 111 Å². The van der Waals surface area contributed by atoms with Gasteiger partial charge in [0, 0.05) is 11.5 Å². The van der Waals surface area contributed by atoms with Crippen LogP contribution in [0.3, 0.4) is 0 Å². The van der Waals surface area contributed by atoms with Crippen LogP contribution in [0, 0.1) is 0 Å². The average Bonchev–Trinajstić information content (AvgIpc) is 2.74. The van der Waals surface area contributed by atoms with Gasteiger partial charge in [0.05, 0.1) is 12.7 Å². The van der Waals surface area contributed by atoms with Crippen LogP contribution in [0.25, 0.3) is 0 Å². The van der Waals surface area contributed by atoms with E-state index in [1.165, 1.54) is 29.8 Å². The minimum Gasteiger partial charge on any atom is -0.116 e. The summed E-state index contributed by atoms with van der Waals surface area (Å²) < 4.78 is 4.51. The Morgan fingerprint density at radius 1 is 0.800 bits per heavy atom. The molecule has 0 N–H and O–H groups in total. The number of hydrogen-bond donors (Lipinski definition) is 0. The smallest absolute Gasteiger partial charge is 0.0660 e. The van der Waals surface area contributed by atoms with Gasteiger partial charge < -0.3 is 0 Å². The summed E-state index contributed by atoms with van der Waals surface area (Å²) >= 11 is 9.68. The second-order valence-corrected chi connectivity index (χ2v) is 8.80. The number of allylic oxidation sites excluding steroid dienone is 3. The summed E-state index contributed by atoms with van der Waals surface area (Å²) in [5.41, 5.74) is 1.37. The van der Waals surface area contributed by atoms with Crippen molar-refractivity contribution in [1.29, 1.82) is 0 Å². The first-order valence-corrected chi connectivity index (χ1v) is 9.06. The summed E-state index contributed by atoms with van der Waals surface area (Å²) in [5.74, 6) is 2.53. The molecule has 0 saturated heterocycles. The second-order valence-electron chi connectivity index (χ2n) is 2.96. The molecule has 0 atom stereocenters. The zero-order valence-corrected chi connectivity index (χ0v) is 11.8. The highest BCUT2D eigenvalue weighted by Gasteiger charge is 2.26. The van der Waals surface area contributed by atoms with Crippen LogP contribution in [0.2, 0.25) is 0 Å². The third-order valence-corrected chi connectivity index (χ3v) is 8.41. The lowest BCUT2D eigenvalue weighted by molar-refractivity contribution is 1.56. The van der Waals surface area contributed by atoms with Crippen molar-refractivity contribution in [2.24, 2.45) is 0 Å². The average molecular weight is 289 g/mol. The quantitative estimate of drug-likeness (QED) is 0.609. The van der Waals surface area contributed by atoms with Gasteiger partial charge in [-0.15, -0.1) is 35.3 Å². The molecule has 3 aliphatic rings. The van der Waals surface area contributed by atoms with Crippen LogP contribution < -0.4 is 0 Å². The highest BCUT2D eigenvalue weighted by atomic mass is 32.3. The predicted octanol–water partition coefficient (Wildman–Crippen LogP) is 5.06. The predicted molar refractivity (Wildman–Crippen MR) is 80.0 cm³/mol. The molecule has 15 heavy (non-hydrogen) atoms. The first kappa shape index (κ1) is 10.8. The number of hydrogen-bond acceptors (Lipinski definition) is 5. The third-order valence-electron chi connectivity index (χ3n) is 1.98. The Morgan fingerprint density at radius 3 is 2.00 bits per heavy atom. The summed E-state index contributed by atoms with van der Waals surface area (Å²) in [4.78, 5) is 0. The van der Waals surface area contributed by atoms with Crippen molar-refractivity contribution >= 4 is 58.8 Å². The molecule has 3 rings (SSSR count). The van der Waals surface area contributed by atoms with Crippen LogP contribution in [0.1, 0.15) is 0 Å². The molecule has 3 aliphatic heterocycles. The molecule has 0 aliphatic carbocycles. The SMILES string of the molecule is C1=CC(=C2SC3=C(SCCS3)S2)C=CS1. The molecule has 3 heterocycles. The molecule has 0 fully saturated rings. The van der Waals surface area contributed by atoms with Gasteiger partial charge in [-0.1, -0.05) is 23.5 Å². The minimum atomic E-state index is 1.27. The van der Waals surface area contributed by atoms with Crippen LogP contribution in [0.4, 0.5) is 0 Å². The minimum absolute atomic E-state index is 1.27. The molecule has 0 nitrogen and oxygen atoms in total. The Morgan fingerprint density at radius 2 is 1.40 bits per heavy atom. The standard InChI is InChI=1S/C10H8S5/c1-3-11-4-2-7(1)8-14-9-10(15-8)13-6-5-12-9/h1-4H,5-6H2. The van der Waals surface area contributed by atoms with E-state index in [0.717, 1.165) is 0 Å². The highest BCUT2D eigenvalue weighted by Crippen LogP contribution is 2.60. The fraction of sp³-hybridized carbons (Fsp3) is 0.200. The third kappa shape index (κ3) is 2.36. The van der Waals surface area contributed by atoms with Gasteiger partial charge in [-0.2, -0.15) is 0 Å². The summed E-state index contributed by atoms with van der Waals surface area (Å²) in [6.07, 6.45) is 4.43. The summed E-state index contributed by atoms with van der Waals surface area (Å²) in [7, 11) is 0. The maximum absolute atomic E-state index is 2.22.